The lowest BCUT2D eigenvalue weighted by molar-refractivity contribution is 0.223. The van der Waals surface area contributed by atoms with E-state index in [1.54, 1.807) is 0 Å². The van der Waals surface area contributed by atoms with Crippen molar-refractivity contribution in [2.45, 2.75) is 44.7 Å². The minimum Gasteiger partial charge on any atom is -0.396 e. The Kier molecular flexibility index (Phi) is 5.41. The lowest BCUT2D eigenvalue weighted by Gasteiger charge is -2.22. The van der Waals surface area contributed by atoms with Crippen LogP contribution < -0.4 is 10.6 Å². The summed E-state index contributed by atoms with van der Waals surface area (Å²) in [5.74, 6) is 0.550. The molecule has 1 aliphatic rings. The van der Waals surface area contributed by atoms with Crippen molar-refractivity contribution in [1.82, 2.24) is 10.6 Å². The molecule has 0 aromatic heterocycles. The molecular formula is C16H24N2O2. The second-order valence-electron chi connectivity index (χ2n) is 5.61. The zero-order valence-electron chi connectivity index (χ0n) is 12.0. The third-order valence-electron chi connectivity index (χ3n) is 4.10. The molecule has 1 aromatic rings. The Morgan fingerprint density at radius 3 is 2.70 bits per heavy atom. The van der Waals surface area contributed by atoms with Gasteiger partial charge >= 0.3 is 6.03 Å². The molecule has 0 bridgehead atoms. The first kappa shape index (κ1) is 14.9. The van der Waals surface area contributed by atoms with Crippen LogP contribution in [0.2, 0.25) is 0 Å². The number of nitrogens with one attached hydrogen (secondary N) is 2. The minimum atomic E-state index is -0.141. The van der Waals surface area contributed by atoms with Crippen LogP contribution in [-0.4, -0.2) is 23.8 Å². The van der Waals surface area contributed by atoms with E-state index in [-0.39, 0.29) is 24.7 Å². The predicted molar refractivity (Wildman–Crippen MR) is 79.4 cm³/mol. The standard InChI is InChI=1S/C16H24N2O2/c1-12-6-5-9-14(12)17-16(20)18-15(10-11-19)13-7-3-2-4-8-13/h2-4,7-8,12,14-15,19H,5-6,9-11H2,1H3,(H2,17,18,20)/t12?,14?,15-/m1/s1. The highest BCUT2D eigenvalue weighted by Gasteiger charge is 2.25. The zero-order chi connectivity index (χ0) is 14.4. The van der Waals surface area contributed by atoms with Gasteiger partial charge in [-0.1, -0.05) is 43.7 Å². The molecule has 4 nitrogen and oxygen atoms in total. The van der Waals surface area contributed by atoms with Crippen LogP contribution in [0, 0.1) is 5.92 Å². The third kappa shape index (κ3) is 3.97. The number of amides is 2. The summed E-state index contributed by atoms with van der Waals surface area (Å²) >= 11 is 0. The third-order valence-corrected chi connectivity index (χ3v) is 4.10. The summed E-state index contributed by atoms with van der Waals surface area (Å²) in [5, 5.41) is 15.2. The molecule has 3 atom stereocenters. The Morgan fingerprint density at radius 2 is 2.10 bits per heavy atom. The van der Waals surface area contributed by atoms with Gasteiger partial charge in [0.05, 0.1) is 6.04 Å². The van der Waals surface area contributed by atoms with Gasteiger partial charge in [-0.3, -0.25) is 0 Å². The summed E-state index contributed by atoms with van der Waals surface area (Å²) in [6.45, 7) is 2.24. The summed E-state index contributed by atoms with van der Waals surface area (Å²) in [6, 6.07) is 9.78. The Morgan fingerprint density at radius 1 is 1.35 bits per heavy atom. The van der Waals surface area contributed by atoms with Crippen LogP contribution in [-0.2, 0) is 0 Å². The predicted octanol–water partition coefficient (Wildman–Crippen LogP) is 2.60. The molecule has 0 radical (unpaired) electrons. The van der Waals surface area contributed by atoms with E-state index in [0.717, 1.165) is 12.0 Å². The maximum atomic E-state index is 12.1. The number of aliphatic hydroxyl groups excluding tert-OH is 1. The second-order valence-corrected chi connectivity index (χ2v) is 5.61. The molecule has 0 spiro atoms. The molecular weight excluding hydrogens is 252 g/mol. The van der Waals surface area contributed by atoms with Crippen LogP contribution in [0.3, 0.4) is 0 Å². The molecule has 110 valence electrons. The largest absolute Gasteiger partial charge is 0.396 e. The van der Waals surface area contributed by atoms with Crippen molar-refractivity contribution in [3.63, 3.8) is 0 Å². The Hall–Kier alpha value is -1.55. The molecule has 1 fully saturated rings. The van der Waals surface area contributed by atoms with E-state index in [9.17, 15) is 4.79 Å². The van der Waals surface area contributed by atoms with Crippen molar-refractivity contribution < 1.29 is 9.90 Å². The number of carbonyl (C=O) groups is 1. The van der Waals surface area contributed by atoms with Gasteiger partial charge in [0.25, 0.3) is 0 Å². The van der Waals surface area contributed by atoms with Crippen LogP contribution >= 0.6 is 0 Å². The fraction of sp³-hybridized carbons (Fsp3) is 0.562. The monoisotopic (exact) mass is 276 g/mol. The summed E-state index contributed by atoms with van der Waals surface area (Å²) < 4.78 is 0. The molecule has 0 aliphatic heterocycles. The van der Waals surface area contributed by atoms with Gasteiger partial charge in [-0.05, 0) is 30.7 Å². The SMILES string of the molecule is CC1CCCC1NC(=O)N[C@H](CCO)c1ccccc1. The highest BCUT2D eigenvalue weighted by atomic mass is 16.3. The van der Waals surface area contributed by atoms with Crippen LogP contribution in [0.5, 0.6) is 0 Å². The van der Waals surface area contributed by atoms with Crippen molar-refractivity contribution in [3.05, 3.63) is 35.9 Å². The fourth-order valence-corrected chi connectivity index (χ4v) is 2.86. The summed E-state index contributed by atoms with van der Waals surface area (Å²) in [4.78, 5) is 12.1. The van der Waals surface area contributed by atoms with E-state index < -0.39 is 0 Å². The van der Waals surface area contributed by atoms with Crippen molar-refractivity contribution in [2.24, 2.45) is 5.92 Å². The first-order chi connectivity index (χ1) is 9.70. The number of aliphatic hydroxyl groups is 1. The van der Waals surface area contributed by atoms with Crippen molar-refractivity contribution >= 4 is 6.03 Å². The number of hydrogen-bond donors (Lipinski definition) is 3. The van der Waals surface area contributed by atoms with Crippen LogP contribution in [0.1, 0.15) is 44.2 Å². The summed E-state index contributed by atoms with van der Waals surface area (Å²) in [7, 11) is 0. The Bertz CT molecular complexity index is 422. The summed E-state index contributed by atoms with van der Waals surface area (Å²) in [6.07, 6.45) is 3.96. The smallest absolute Gasteiger partial charge is 0.315 e. The first-order valence-electron chi connectivity index (χ1n) is 7.43. The van der Waals surface area contributed by atoms with E-state index in [4.69, 9.17) is 5.11 Å². The molecule has 1 aliphatic carbocycles. The van der Waals surface area contributed by atoms with Gasteiger partial charge in [0.15, 0.2) is 0 Å². The zero-order valence-corrected chi connectivity index (χ0v) is 12.0. The van der Waals surface area contributed by atoms with Gasteiger partial charge in [0, 0.05) is 12.6 Å². The maximum absolute atomic E-state index is 12.1. The maximum Gasteiger partial charge on any atom is 0.315 e. The van der Waals surface area contributed by atoms with E-state index in [1.807, 2.05) is 30.3 Å². The van der Waals surface area contributed by atoms with Gasteiger partial charge in [0.1, 0.15) is 0 Å². The van der Waals surface area contributed by atoms with Crippen LogP contribution in [0.25, 0.3) is 0 Å². The lowest BCUT2D eigenvalue weighted by Crippen LogP contribution is -2.44. The molecule has 0 heterocycles. The van der Waals surface area contributed by atoms with Gasteiger partial charge < -0.3 is 15.7 Å². The number of carbonyl (C=O) groups excluding carboxylic acids is 1. The van der Waals surface area contributed by atoms with E-state index in [1.165, 1.54) is 12.8 Å². The molecule has 1 saturated carbocycles. The molecule has 2 rings (SSSR count). The molecule has 3 N–H and O–H groups in total. The van der Waals surface area contributed by atoms with Crippen molar-refractivity contribution in [1.29, 1.82) is 0 Å². The van der Waals surface area contributed by atoms with E-state index >= 15 is 0 Å². The second kappa shape index (κ2) is 7.29. The Labute approximate surface area is 120 Å². The highest BCUT2D eigenvalue weighted by Crippen LogP contribution is 2.25. The highest BCUT2D eigenvalue weighted by molar-refractivity contribution is 5.74. The van der Waals surface area contributed by atoms with Crippen LogP contribution in [0.15, 0.2) is 30.3 Å². The lowest BCUT2D eigenvalue weighted by atomic mass is 10.0. The molecule has 20 heavy (non-hydrogen) atoms. The van der Waals surface area contributed by atoms with Crippen molar-refractivity contribution in [2.75, 3.05) is 6.61 Å². The normalized spacial score (nSPS) is 23.3. The van der Waals surface area contributed by atoms with E-state index in [0.29, 0.717) is 12.3 Å². The van der Waals surface area contributed by atoms with Crippen LogP contribution in [0.4, 0.5) is 4.79 Å². The minimum absolute atomic E-state index is 0.0552. The quantitative estimate of drug-likeness (QED) is 0.774. The molecule has 1 aromatic carbocycles. The van der Waals surface area contributed by atoms with Gasteiger partial charge in [-0.25, -0.2) is 4.79 Å². The number of rotatable bonds is 5. The molecule has 2 unspecified atom stereocenters. The number of urea groups is 1. The topological polar surface area (TPSA) is 61.4 Å². The number of hydrogen-bond acceptors (Lipinski definition) is 2. The molecule has 2 amide bonds. The van der Waals surface area contributed by atoms with Gasteiger partial charge in [0.2, 0.25) is 0 Å². The molecule has 0 saturated heterocycles. The summed E-state index contributed by atoms with van der Waals surface area (Å²) in [5.41, 5.74) is 1.02. The van der Waals surface area contributed by atoms with Crippen molar-refractivity contribution in [3.8, 4) is 0 Å². The average Bonchev–Trinajstić information content (AvgIpc) is 2.85. The van der Waals surface area contributed by atoms with E-state index in [2.05, 4.69) is 17.6 Å². The number of benzene rings is 1. The van der Waals surface area contributed by atoms with Gasteiger partial charge in [-0.15, -0.1) is 0 Å². The van der Waals surface area contributed by atoms with Gasteiger partial charge in [-0.2, -0.15) is 0 Å². The Balaban J connectivity index is 1.92. The average molecular weight is 276 g/mol. The first-order valence-corrected chi connectivity index (χ1v) is 7.43. The molecule has 4 heteroatoms. The fourth-order valence-electron chi connectivity index (χ4n) is 2.86.